The van der Waals surface area contributed by atoms with Crippen molar-refractivity contribution in [3.8, 4) is 23.1 Å². The van der Waals surface area contributed by atoms with Crippen LogP contribution in [0.3, 0.4) is 0 Å². The fraction of sp³-hybridized carbons (Fsp3) is 0.526. The normalized spacial score (nSPS) is 23.6. The number of anilines is 2. The summed E-state index contributed by atoms with van der Waals surface area (Å²) >= 11 is 0. The number of nitro benzene ring substituents is 1. The molecule has 0 radical (unpaired) electrons. The van der Waals surface area contributed by atoms with Gasteiger partial charge in [-0.1, -0.05) is 38.1 Å². The van der Waals surface area contributed by atoms with Crippen LogP contribution in [0, 0.1) is 33.2 Å². The Morgan fingerprint density at radius 2 is 1.74 bits per heavy atom. The van der Waals surface area contributed by atoms with Crippen LogP contribution in [-0.2, 0) is 19.6 Å². The van der Waals surface area contributed by atoms with Gasteiger partial charge in [0, 0.05) is 87.9 Å². The maximum absolute atomic E-state index is 15.1. The van der Waals surface area contributed by atoms with Crippen LogP contribution in [0.5, 0.6) is 23.1 Å². The molecule has 3 aliphatic heterocycles. The van der Waals surface area contributed by atoms with Crippen molar-refractivity contribution < 1.29 is 51.4 Å². The summed E-state index contributed by atoms with van der Waals surface area (Å²) < 4.78 is 69.2. The van der Waals surface area contributed by atoms with Crippen molar-refractivity contribution in [2.75, 3.05) is 69.9 Å². The molecule has 0 unspecified atom stereocenters. The number of carbonyl (C=O) groups is 2. The molecule has 2 aromatic heterocycles. The number of nitrogens with zero attached hydrogens (tertiary/aromatic N) is 5. The van der Waals surface area contributed by atoms with Gasteiger partial charge in [-0.05, 0) is 112 Å². The first-order valence-electron chi connectivity index (χ1n) is 27.4. The first kappa shape index (κ1) is 53.5. The van der Waals surface area contributed by atoms with Crippen LogP contribution in [-0.4, -0.2) is 127 Å². The lowest BCUT2D eigenvalue weighted by Crippen LogP contribution is -2.60. The number of aliphatic hydroxyl groups is 1. The van der Waals surface area contributed by atoms with Gasteiger partial charge in [-0.2, -0.15) is 4.98 Å². The van der Waals surface area contributed by atoms with E-state index in [0.29, 0.717) is 68.9 Å². The van der Waals surface area contributed by atoms with Gasteiger partial charge in [0.15, 0.2) is 17.2 Å². The molecule has 19 nitrogen and oxygen atoms in total. The Balaban J connectivity index is 0.838. The number of piperazine rings is 1. The van der Waals surface area contributed by atoms with E-state index >= 15 is 4.39 Å². The number of piperidine rings is 1. The van der Waals surface area contributed by atoms with Crippen molar-refractivity contribution in [2.45, 2.75) is 120 Å². The molecular formula is C57H69FN8O11S. The zero-order valence-electron chi connectivity index (χ0n) is 44.6. The molecule has 78 heavy (non-hydrogen) atoms. The van der Waals surface area contributed by atoms with Crippen LogP contribution in [0.2, 0.25) is 0 Å². The van der Waals surface area contributed by atoms with Gasteiger partial charge in [-0.15, -0.1) is 0 Å². The number of nitrogens with one attached hydrogen (secondary N) is 3. The number of hydrogen-bond donors (Lipinski definition) is 4. The predicted molar refractivity (Wildman–Crippen MR) is 289 cm³/mol. The number of benzene rings is 3. The molecule has 2 atom stereocenters. The fourth-order valence-electron chi connectivity index (χ4n) is 12.6. The first-order valence-corrected chi connectivity index (χ1v) is 28.9. The number of H-pyrrole nitrogens is 1. The summed E-state index contributed by atoms with van der Waals surface area (Å²) in [6.45, 7) is 10.3. The molecule has 5 heterocycles. The Hall–Kier alpha value is -6.55. The molecule has 3 aromatic carbocycles. The Morgan fingerprint density at radius 3 is 2.46 bits per heavy atom. The average molecular weight is 1090 g/mol. The number of ether oxygens (including phenoxy) is 4. The van der Waals surface area contributed by atoms with E-state index in [1.165, 1.54) is 30.4 Å². The Morgan fingerprint density at radius 1 is 0.987 bits per heavy atom. The minimum absolute atomic E-state index is 0.0342. The fourth-order valence-corrected chi connectivity index (χ4v) is 13.6. The lowest BCUT2D eigenvalue weighted by atomic mass is 9.59. The van der Waals surface area contributed by atoms with Crippen LogP contribution in [0.15, 0.2) is 71.8 Å². The van der Waals surface area contributed by atoms with Gasteiger partial charge in [0.25, 0.3) is 27.5 Å². The van der Waals surface area contributed by atoms with E-state index < -0.39 is 42.9 Å². The topological polar surface area (TPSA) is 231 Å². The van der Waals surface area contributed by atoms with Crippen LogP contribution in [0.4, 0.5) is 21.5 Å². The van der Waals surface area contributed by atoms with Gasteiger partial charge in [-0.25, -0.2) is 17.5 Å². The number of rotatable bonds is 16. The van der Waals surface area contributed by atoms with E-state index in [9.17, 15) is 33.2 Å². The van der Waals surface area contributed by atoms with Crippen molar-refractivity contribution >= 4 is 49.9 Å². The Labute approximate surface area is 453 Å². The smallest absolute Gasteiger partial charge is 0.297 e. The Kier molecular flexibility index (Phi) is 14.6. The molecule has 3 aliphatic carbocycles. The second kappa shape index (κ2) is 21.3. The number of hydrogen-bond acceptors (Lipinski definition) is 15. The monoisotopic (exact) mass is 1090 g/mol. The number of carbonyl (C=O) groups excluding carboxylic acids is 2. The highest BCUT2D eigenvalue weighted by Crippen LogP contribution is 2.54. The van der Waals surface area contributed by atoms with Crippen LogP contribution in [0.25, 0.3) is 11.0 Å². The molecular weight excluding hydrogens is 1020 g/mol. The molecule has 6 aliphatic rings. The van der Waals surface area contributed by atoms with Gasteiger partial charge in [-0.3, -0.25) is 24.6 Å². The molecule has 1 spiro atoms. The highest BCUT2D eigenvalue weighted by atomic mass is 32.2. The van der Waals surface area contributed by atoms with Crippen molar-refractivity contribution in [3.05, 3.63) is 99.5 Å². The molecule has 416 valence electrons. The van der Waals surface area contributed by atoms with Crippen molar-refractivity contribution in [1.29, 1.82) is 0 Å². The van der Waals surface area contributed by atoms with Crippen LogP contribution >= 0.6 is 0 Å². The predicted octanol–water partition coefficient (Wildman–Crippen LogP) is 8.83. The first-order chi connectivity index (χ1) is 37.4. The maximum atomic E-state index is 15.1. The SMILES string of the molecule is COCCOc1nc2[nH]cc(F)c2cc1Oc1cc(N2CCC3(CC2)CC(N2CCN(C(=O)C4CC4)C[C@@H]2c2ccccc2C(C)C)C3)ccc1C(=O)NS(=O)(=O)c1cc2c(c([N+](=O)[O-])c1)N[C@@H]([C@H]1CC[C@](C)(O)CC1)CO2. The number of halogens is 1. The molecule has 2 amide bonds. The number of nitro groups is 1. The molecule has 3 saturated carbocycles. The van der Waals surface area contributed by atoms with Crippen molar-refractivity contribution in [3.63, 3.8) is 0 Å². The third-order valence-electron chi connectivity index (χ3n) is 17.3. The van der Waals surface area contributed by atoms with E-state index in [1.54, 1.807) is 19.1 Å². The minimum atomic E-state index is -4.80. The van der Waals surface area contributed by atoms with E-state index in [0.717, 1.165) is 69.9 Å². The molecule has 4 N–H and O–H groups in total. The standard InChI is InChI=1S/C57H69FN8O11S/c1-34(2)40-7-5-6-8-41(40)47-32-64(55(68)36-9-10-36)21-22-65(47)38-29-57(30-38)17-19-63(20-18-57)37-11-12-42(48(25-37)77-50-28-43-44(58)31-59-52(43)61-54(50)75-24-23-74-4)53(67)62-78(72,73)39-26-46(66(70)71)51-49(27-39)76-33-45(60-51)35-13-15-56(3,69)16-14-35/h5-8,11-12,25-28,31,34-36,38,45,47,60,69H,9-10,13-24,29-30,32-33H2,1-4H3,(H,59,61)(H,62,67)/t35-,45-,47-,56-/m1/s1. The highest BCUT2D eigenvalue weighted by Gasteiger charge is 2.51. The summed E-state index contributed by atoms with van der Waals surface area (Å²) in [6.07, 6.45) is 9.51. The van der Waals surface area contributed by atoms with E-state index in [2.05, 4.69) is 72.8 Å². The van der Waals surface area contributed by atoms with E-state index in [1.807, 2.05) is 0 Å². The van der Waals surface area contributed by atoms with Gasteiger partial charge in [0.1, 0.15) is 30.4 Å². The molecule has 11 rings (SSSR count). The lowest BCUT2D eigenvalue weighted by molar-refractivity contribution is -0.384. The number of pyridine rings is 1. The van der Waals surface area contributed by atoms with Gasteiger partial charge < -0.3 is 44.2 Å². The van der Waals surface area contributed by atoms with E-state index in [4.69, 9.17) is 18.9 Å². The molecule has 5 aromatic rings. The molecule has 0 bridgehead atoms. The minimum Gasteiger partial charge on any atom is -0.489 e. The third kappa shape index (κ3) is 10.8. The molecule has 5 fully saturated rings. The van der Waals surface area contributed by atoms with Crippen molar-refractivity contribution in [1.82, 2.24) is 24.5 Å². The van der Waals surface area contributed by atoms with Gasteiger partial charge in [0.05, 0.1) is 45.1 Å². The number of aromatic amines is 1. The highest BCUT2D eigenvalue weighted by molar-refractivity contribution is 7.90. The van der Waals surface area contributed by atoms with Gasteiger partial charge >= 0.3 is 0 Å². The third-order valence-corrected chi connectivity index (χ3v) is 18.7. The maximum Gasteiger partial charge on any atom is 0.297 e. The Bertz CT molecular complexity index is 3210. The number of sulfonamides is 1. The summed E-state index contributed by atoms with van der Waals surface area (Å²) in [5.74, 6) is -1.06. The van der Waals surface area contributed by atoms with E-state index in [-0.39, 0.29) is 94.6 Å². The van der Waals surface area contributed by atoms with Crippen LogP contribution in [0.1, 0.15) is 118 Å². The quantitative estimate of drug-likeness (QED) is 0.0411. The number of aromatic nitrogens is 2. The number of methoxy groups -OCH3 is 1. The summed E-state index contributed by atoms with van der Waals surface area (Å²) in [5, 5.41) is 26.3. The number of fused-ring (bicyclic) bond motifs is 2. The largest absolute Gasteiger partial charge is 0.489 e. The number of amides is 2. The molecule has 21 heteroatoms. The zero-order chi connectivity index (χ0) is 54.7. The van der Waals surface area contributed by atoms with Crippen molar-refractivity contribution in [2.24, 2.45) is 17.3 Å². The summed E-state index contributed by atoms with van der Waals surface area (Å²) in [7, 11) is -3.29. The summed E-state index contributed by atoms with van der Waals surface area (Å²) in [4.78, 5) is 53.3. The summed E-state index contributed by atoms with van der Waals surface area (Å²) in [6, 6.07) is 17.1. The van der Waals surface area contributed by atoms with Crippen LogP contribution < -0.4 is 29.1 Å². The summed E-state index contributed by atoms with van der Waals surface area (Å²) in [5.41, 5.74) is 2.14. The average Bonchev–Trinajstić information content (AvgIpc) is 4.33. The second-order valence-corrected chi connectivity index (χ2v) is 24.7. The zero-order valence-corrected chi connectivity index (χ0v) is 45.4. The molecule has 2 saturated heterocycles. The lowest BCUT2D eigenvalue weighted by Gasteiger charge is -2.58. The van der Waals surface area contributed by atoms with Gasteiger partial charge in [0.2, 0.25) is 5.91 Å². The second-order valence-electron chi connectivity index (χ2n) is 23.0.